The van der Waals surface area contributed by atoms with Crippen LogP contribution in [0.25, 0.3) is 0 Å². The van der Waals surface area contributed by atoms with Crippen molar-refractivity contribution < 1.29 is 25.6 Å². The molecule has 1 aliphatic rings. The zero-order valence-corrected chi connectivity index (χ0v) is 12.5. The van der Waals surface area contributed by atoms with E-state index in [2.05, 4.69) is 9.47 Å². The van der Waals surface area contributed by atoms with E-state index in [9.17, 15) is 10.2 Å². The molecule has 0 aliphatic carbocycles. The molecule has 1 rings (SSSR count). The second-order valence-corrected chi connectivity index (χ2v) is 4.99. The smallest absolute Gasteiger partial charge is 0.161 e. The van der Waals surface area contributed by atoms with Crippen LogP contribution in [0, 0.1) is 5.92 Å². The third-order valence-corrected chi connectivity index (χ3v) is 3.33. The van der Waals surface area contributed by atoms with E-state index in [4.69, 9.17) is 15.4 Å². The first-order chi connectivity index (χ1) is 9.49. The molecule has 1 saturated heterocycles. The van der Waals surface area contributed by atoms with Gasteiger partial charge in [0.15, 0.2) is 6.27 Å². The van der Waals surface area contributed by atoms with Gasteiger partial charge in [-0.15, -0.1) is 0 Å². The zero-order chi connectivity index (χ0) is 15.1. The van der Waals surface area contributed by atoms with Crippen LogP contribution in [-0.2, 0) is 14.0 Å². The van der Waals surface area contributed by atoms with E-state index in [1.165, 1.54) is 0 Å². The molecule has 5 nitrogen and oxygen atoms in total. The van der Waals surface area contributed by atoms with Gasteiger partial charge in [-0.2, -0.15) is 0 Å². The fraction of sp³-hybridized carbons (Fsp3) is 0.846. The number of ether oxygens (including phenoxy) is 2. The zero-order valence-electron chi connectivity index (χ0n) is 12.4. The summed E-state index contributed by atoms with van der Waals surface area (Å²) in [6.07, 6.45) is 3.65. The van der Waals surface area contributed by atoms with Gasteiger partial charge in [-0.05, 0) is 6.42 Å². The Morgan fingerprint density at radius 1 is 1.58 bits per heavy atom. The first-order valence-electron chi connectivity index (χ1n) is 7.09. The largest absolute Gasteiger partial charge is 0.396 e. The standard InChI is InChI=1S/C13H25O5P/c1-2-6-13(15,10-18-19)11(9-14)4-3-5-12-16-7-8-17-12/h3-4,11-12,14-15H,2,5-10,19H2,1H3/b4-3+/t11-,13?/m1/s1/i12D. The van der Waals surface area contributed by atoms with Gasteiger partial charge in [0, 0.05) is 21.8 Å². The van der Waals surface area contributed by atoms with E-state index in [0.29, 0.717) is 19.6 Å². The van der Waals surface area contributed by atoms with Gasteiger partial charge in [0.25, 0.3) is 0 Å². The number of hydrogen-bond acceptors (Lipinski definition) is 5. The molecule has 6 heteroatoms. The van der Waals surface area contributed by atoms with Crippen molar-refractivity contribution in [1.29, 1.82) is 0 Å². The molecular formula is C13H25O5P. The molecule has 0 bridgehead atoms. The summed E-state index contributed by atoms with van der Waals surface area (Å²) in [6, 6.07) is 0. The minimum Gasteiger partial charge on any atom is -0.396 e. The molecule has 0 radical (unpaired) electrons. The Morgan fingerprint density at radius 3 is 2.79 bits per heavy atom. The molecule has 1 heterocycles. The van der Waals surface area contributed by atoms with Gasteiger partial charge >= 0.3 is 0 Å². The van der Waals surface area contributed by atoms with Crippen LogP contribution in [0.3, 0.4) is 0 Å². The lowest BCUT2D eigenvalue weighted by Crippen LogP contribution is -2.42. The second-order valence-electron chi connectivity index (χ2n) is 4.65. The summed E-state index contributed by atoms with van der Waals surface area (Å²) in [5, 5.41) is 20.1. The normalized spacial score (nSPS) is 24.3. The monoisotopic (exact) mass is 293 g/mol. The SMILES string of the molecule is [2H]C1(C/C=C/[C@H](CO)C(O)(CCC)COP)OCCO1. The summed E-state index contributed by atoms with van der Waals surface area (Å²) < 4.78 is 23.2. The predicted octanol–water partition coefficient (Wildman–Crippen LogP) is 1.25. The van der Waals surface area contributed by atoms with Crippen molar-refractivity contribution in [2.75, 3.05) is 26.4 Å². The fourth-order valence-corrected chi connectivity index (χ4v) is 2.44. The molecule has 0 aromatic rings. The van der Waals surface area contributed by atoms with Gasteiger partial charge in [0.05, 0.1) is 33.4 Å². The fourth-order valence-electron chi connectivity index (χ4n) is 2.15. The molecule has 3 atom stereocenters. The van der Waals surface area contributed by atoms with Gasteiger partial charge in [-0.3, -0.25) is 0 Å². The summed E-state index contributed by atoms with van der Waals surface area (Å²) in [6.45, 7) is 2.74. The Hall–Kier alpha value is -0.0300. The Balaban J connectivity index is 2.63. The summed E-state index contributed by atoms with van der Waals surface area (Å²) >= 11 is 0. The van der Waals surface area contributed by atoms with Crippen molar-refractivity contribution in [3.8, 4) is 0 Å². The van der Waals surface area contributed by atoms with E-state index in [-0.39, 0.29) is 19.6 Å². The average molecular weight is 293 g/mol. The molecule has 112 valence electrons. The number of hydrogen-bond donors (Lipinski definition) is 2. The summed E-state index contributed by atoms with van der Waals surface area (Å²) in [5.41, 5.74) is -1.12. The van der Waals surface area contributed by atoms with Crippen LogP contribution in [-0.4, -0.2) is 48.5 Å². The molecule has 19 heavy (non-hydrogen) atoms. The third-order valence-electron chi connectivity index (χ3n) is 3.17. The van der Waals surface area contributed by atoms with Crippen LogP contribution in [0.5, 0.6) is 0 Å². The minimum absolute atomic E-state index is 0.125. The molecule has 2 N–H and O–H groups in total. The van der Waals surface area contributed by atoms with Crippen molar-refractivity contribution in [2.24, 2.45) is 5.92 Å². The van der Waals surface area contributed by atoms with E-state index in [1.54, 1.807) is 12.2 Å². The number of aliphatic hydroxyl groups is 2. The Morgan fingerprint density at radius 2 is 2.26 bits per heavy atom. The van der Waals surface area contributed by atoms with Crippen LogP contribution in [0.4, 0.5) is 0 Å². The lowest BCUT2D eigenvalue weighted by molar-refractivity contribution is -0.0572. The summed E-state index contributed by atoms with van der Waals surface area (Å²) in [7, 11) is 2.11. The van der Waals surface area contributed by atoms with Gasteiger partial charge in [-0.25, -0.2) is 0 Å². The maximum Gasteiger partial charge on any atom is 0.161 e. The molecule has 0 aromatic heterocycles. The Bertz CT molecular complexity index is 301. The van der Waals surface area contributed by atoms with Crippen molar-refractivity contribution in [3.63, 3.8) is 0 Å². The Labute approximate surface area is 118 Å². The van der Waals surface area contributed by atoms with Gasteiger partial charge in [0.2, 0.25) is 0 Å². The first kappa shape index (κ1) is 15.4. The van der Waals surface area contributed by atoms with E-state index in [0.717, 1.165) is 6.42 Å². The van der Waals surface area contributed by atoms with Crippen molar-refractivity contribution in [2.45, 2.75) is 38.1 Å². The van der Waals surface area contributed by atoms with E-state index < -0.39 is 17.8 Å². The third kappa shape index (κ3) is 5.46. The van der Waals surface area contributed by atoms with Crippen molar-refractivity contribution in [1.82, 2.24) is 0 Å². The van der Waals surface area contributed by atoms with Crippen LogP contribution in [0.15, 0.2) is 12.2 Å². The highest BCUT2D eigenvalue weighted by molar-refractivity contribution is 7.09. The maximum absolute atomic E-state index is 10.6. The summed E-state index contributed by atoms with van der Waals surface area (Å²) in [4.78, 5) is 0. The molecule has 0 saturated carbocycles. The molecule has 2 unspecified atom stereocenters. The van der Waals surface area contributed by atoms with Crippen LogP contribution in [0.1, 0.15) is 27.6 Å². The molecule has 0 aromatic carbocycles. The lowest BCUT2D eigenvalue weighted by Gasteiger charge is -2.32. The van der Waals surface area contributed by atoms with Crippen molar-refractivity contribution in [3.05, 3.63) is 12.2 Å². The predicted molar refractivity (Wildman–Crippen MR) is 75.5 cm³/mol. The average Bonchev–Trinajstić information content (AvgIpc) is 2.82. The topological polar surface area (TPSA) is 68.2 Å². The highest BCUT2D eigenvalue weighted by Gasteiger charge is 2.34. The number of rotatable bonds is 9. The highest BCUT2D eigenvalue weighted by atomic mass is 31.0. The molecular weight excluding hydrogens is 267 g/mol. The lowest BCUT2D eigenvalue weighted by atomic mass is 9.84. The minimum atomic E-state index is -1.34. The van der Waals surface area contributed by atoms with Crippen molar-refractivity contribution >= 4 is 9.47 Å². The molecule has 1 fully saturated rings. The van der Waals surface area contributed by atoms with Gasteiger partial charge in [0.1, 0.15) is 0 Å². The molecule has 0 spiro atoms. The Kier molecular flexibility index (Phi) is 7.28. The quantitative estimate of drug-likeness (QED) is 0.495. The second kappa shape index (κ2) is 9.01. The molecule has 1 aliphatic heterocycles. The van der Waals surface area contributed by atoms with E-state index in [1.807, 2.05) is 6.92 Å². The van der Waals surface area contributed by atoms with Crippen LogP contribution >= 0.6 is 9.47 Å². The highest BCUT2D eigenvalue weighted by Crippen LogP contribution is 2.26. The maximum atomic E-state index is 10.6. The molecule has 0 amide bonds. The first-order valence-corrected chi connectivity index (χ1v) is 7.06. The van der Waals surface area contributed by atoms with Gasteiger partial charge < -0.3 is 24.2 Å². The summed E-state index contributed by atoms with van der Waals surface area (Å²) in [5.74, 6) is -0.451. The van der Waals surface area contributed by atoms with E-state index >= 15 is 0 Å². The van der Waals surface area contributed by atoms with Crippen LogP contribution < -0.4 is 0 Å². The van der Waals surface area contributed by atoms with Crippen LogP contribution in [0.2, 0.25) is 0 Å². The van der Waals surface area contributed by atoms with Gasteiger partial charge in [-0.1, -0.05) is 25.5 Å². The number of aliphatic hydroxyl groups excluding tert-OH is 1.